The van der Waals surface area contributed by atoms with Crippen LogP contribution in [0.5, 0.6) is 0 Å². The van der Waals surface area contributed by atoms with Crippen LogP contribution in [0.3, 0.4) is 0 Å². The number of carbonyl (C=O) groups is 1. The largest absolute Gasteiger partial charge is 0.407 e. The summed E-state index contributed by atoms with van der Waals surface area (Å²) in [5, 5.41) is 2.39. The van der Waals surface area contributed by atoms with Gasteiger partial charge in [0, 0.05) is 27.1 Å². The van der Waals surface area contributed by atoms with Crippen LogP contribution in [0.25, 0.3) is 0 Å². The number of alkyl halides is 3. The van der Waals surface area contributed by atoms with Gasteiger partial charge in [-0.3, -0.25) is 4.79 Å². The third-order valence-electron chi connectivity index (χ3n) is 2.65. The van der Waals surface area contributed by atoms with E-state index in [1.54, 1.807) is 32.3 Å². The normalized spacial score (nSPS) is 13.1. The topological polar surface area (TPSA) is 32.3 Å². The molecule has 19 heavy (non-hydrogen) atoms. The van der Waals surface area contributed by atoms with Crippen molar-refractivity contribution in [2.75, 3.05) is 20.6 Å². The maximum Gasteiger partial charge on any atom is 0.407 e. The maximum atomic E-state index is 12.9. The van der Waals surface area contributed by atoms with Crippen LogP contribution in [0, 0.1) is 0 Å². The van der Waals surface area contributed by atoms with Crippen LogP contribution in [0.4, 0.5) is 13.2 Å². The molecule has 1 rings (SSSR count). The summed E-state index contributed by atoms with van der Waals surface area (Å²) < 4.78 is 38.8. The molecule has 1 unspecified atom stereocenters. The van der Waals surface area contributed by atoms with E-state index < -0.39 is 12.2 Å². The standard InChI is InChI=1S/C13H17F3N2O/c1-18(2)11(19)8-9-17-12(13(14,15)16)10-6-4-3-5-7-10/h3-7,12,17H,8-9H2,1-2H3. The van der Waals surface area contributed by atoms with Crippen molar-refractivity contribution < 1.29 is 18.0 Å². The van der Waals surface area contributed by atoms with E-state index in [2.05, 4.69) is 5.32 Å². The zero-order valence-corrected chi connectivity index (χ0v) is 10.9. The number of hydrogen-bond donors (Lipinski definition) is 1. The van der Waals surface area contributed by atoms with Crippen molar-refractivity contribution in [2.24, 2.45) is 0 Å². The van der Waals surface area contributed by atoms with Gasteiger partial charge in [0.15, 0.2) is 0 Å². The summed E-state index contributed by atoms with van der Waals surface area (Å²) in [5.74, 6) is -0.207. The van der Waals surface area contributed by atoms with Crippen LogP contribution in [0.15, 0.2) is 30.3 Å². The monoisotopic (exact) mass is 274 g/mol. The van der Waals surface area contributed by atoms with Crippen molar-refractivity contribution in [1.29, 1.82) is 0 Å². The summed E-state index contributed by atoms with van der Waals surface area (Å²) in [6.07, 6.45) is -4.35. The van der Waals surface area contributed by atoms with Crippen LogP contribution in [-0.2, 0) is 4.79 Å². The third kappa shape index (κ3) is 4.90. The highest BCUT2D eigenvalue weighted by Gasteiger charge is 2.40. The summed E-state index contributed by atoms with van der Waals surface area (Å²) in [6, 6.07) is 5.86. The van der Waals surface area contributed by atoms with Gasteiger partial charge in [-0.2, -0.15) is 13.2 Å². The molecule has 0 aromatic heterocycles. The molecule has 6 heteroatoms. The zero-order chi connectivity index (χ0) is 14.5. The van der Waals surface area contributed by atoms with Gasteiger partial charge in [-0.25, -0.2) is 0 Å². The van der Waals surface area contributed by atoms with Crippen molar-refractivity contribution in [3.05, 3.63) is 35.9 Å². The molecule has 0 heterocycles. The fraction of sp³-hybridized carbons (Fsp3) is 0.462. The summed E-state index contributed by atoms with van der Waals surface area (Å²) in [5.41, 5.74) is 0.146. The summed E-state index contributed by atoms with van der Waals surface area (Å²) >= 11 is 0. The Balaban J connectivity index is 2.65. The lowest BCUT2D eigenvalue weighted by Crippen LogP contribution is -2.36. The Hall–Kier alpha value is -1.56. The van der Waals surface area contributed by atoms with Crippen molar-refractivity contribution in [1.82, 2.24) is 10.2 Å². The molecule has 0 saturated carbocycles. The minimum absolute atomic E-state index is 0.0178. The van der Waals surface area contributed by atoms with E-state index in [0.717, 1.165) is 0 Å². The molecule has 0 spiro atoms. The van der Waals surface area contributed by atoms with Gasteiger partial charge in [0.1, 0.15) is 6.04 Å². The van der Waals surface area contributed by atoms with E-state index in [4.69, 9.17) is 0 Å². The average molecular weight is 274 g/mol. The number of benzene rings is 1. The van der Waals surface area contributed by atoms with E-state index in [1.807, 2.05) is 0 Å². The molecular weight excluding hydrogens is 257 g/mol. The quantitative estimate of drug-likeness (QED) is 0.894. The molecule has 1 amide bonds. The van der Waals surface area contributed by atoms with Crippen molar-refractivity contribution in [3.8, 4) is 0 Å². The summed E-state index contributed by atoms with van der Waals surface area (Å²) in [6.45, 7) is -0.0178. The van der Waals surface area contributed by atoms with Crippen LogP contribution >= 0.6 is 0 Å². The van der Waals surface area contributed by atoms with Crippen LogP contribution in [0.1, 0.15) is 18.0 Å². The summed E-state index contributed by atoms with van der Waals surface area (Å²) in [7, 11) is 3.14. The molecule has 1 aromatic carbocycles. The molecule has 106 valence electrons. The number of amides is 1. The van der Waals surface area contributed by atoms with Crippen molar-refractivity contribution >= 4 is 5.91 Å². The van der Waals surface area contributed by atoms with E-state index in [-0.39, 0.29) is 24.4 Å². The van der Waals surface area contributed by atoms with Gasteiger partial charge < -0.3 is 10.2 Å². The molecule has 1 N–H and O–H groups in total. The first-order chi connectivity index (χ1) is 8.82. The van der Waals surface area contributed by atoms with Crippen LogP contribution < -0.4 is 5.32 Å². The SMILES string of the molecule is CN(C)C(=O)CCNC(c1ccccc1)C(F)(F)F. The van der Waals surface area contributed by atoms with E-state index in [1.165, 1.54) is 17.0 Å². The Morgan fingerprint density at radius 2 is 1.84 bits per heavy atom. The van der Waals surface area contributed by atoms with Gasteiger partial charge in [0.25, 0.3) is 0 Å². The molecule has 0 aliphatic carbocycles. The first-order valence-corrected chi connectivity index (χ1v) is 5.87. The second-order valence-electron chi connectivity index (χ2n) is 4.38. The number of halogens is 3. The third-order valence-corrected chi connectivity index (χ3v) is 2.65. The Kier molecular flexibility index (Phi) is 5.35. The molecule has 0 bridgehead atoms. The molecule has 1 atom stereocenters. The van der Waals surface area contributed by atoms with Crippen LogP contribution in [0.2, 0.25) is 0 Å². The highest BCUT2D eigenvalue weighted by atomic mass is 19.4. The highest BCUT2D eigenvalue weighted by molar-refractivity contribution is 5.75. The molecule has 0 radical (unpaired) electrons. The Bertz CT molecular complexity index is 404. The van der Waals surface area contributed by atoms with E-state index >= 15 is 0 Å². The number of nitrogens with zero attached hydrogens (tertiary/aromatic N) is 1. The number of nitrogens with one attached hydrogen (secondary N) is 1. The zero-order valence-electron chi connectivity index (χ0n) is 10.9. The fourth-order valence-corrected chi connectivity index (χ4v) is 1.62. The predicted octanol–water partition coefficient (Wildman–Crippen LogP) is 2.36. The number of rotatable bonds is 5. The minimum atomic E-state index is -4.39. The lowest BCUT2D eigenvalue weighted by atomic mass is 10.1. The molecule has 3 nitrogen and oxygen atoms in total. The van der Waals surface area contributed by atoms with E-state index in [9.17, 15) is 18.0 Å². The smallest absolute Gasteiger partial charge is 0.349 e. The first kappa shape index (κ1) is 15.5. The Morgan fingerprint density at radius 1 is 1.26 bits per heavy atom. The van der Waals surface area contributed by atoms with Crippen molar-refractivity contribution in [3.63, 3.8) is 0 Å². The first-order valence-electron chi connectivity index (χ1n) is 5.87. The highest BCUT2D eigenvalue weighted by Crippen LogP contribution is 2.32. The number of carbonyl (C=O) groups excluding carboxylic acids is 1. The molecule has 0 fully saturated rings. The van der Waals surface area contributed by atoms with Crippen LogP contribution in [-0.4, -0.2) is 37.6 Å². The minimum Gasteiger partial charge on any atom is -0.349 e. The lowest BCUT2D eigenvalue weighted by molar-refractivity contribution is -0.158. The predicted molar refractivity (Wildman–Crippen MR) is 66.6 cm³/mol. The van der Waals surface area contributed by atoms with Crippen molar-refractivity contribution in [2.45, 2.75) is 18.6 Å². The summed E-state index contributed by atoms with van der Waals surface area (Å²) in [4.78, 5) is 12.7. The molecular formula is C13H17F3N2O. The Labute approximate surface area is 110 Å². The molecule has 0 saturated heterocycles. The van der Waals surface area contributed by atoms with Gasteiger partial charge in [-0.15, -0.1) is 0 Å². The Morgan fingerprint density at radius 3 is 2.32 bits per heavy atom. The average Bonchev–Trinajstić information content (AvgIpc) is 2.33. The van der Waals surface area contributed by atoms with Gasteiger partial charge in [-0.1, -0.05) is 30.3 Å². The van der Waals surface area contributed by atoms with Gasteiger partial charge >= 0.3 is 6.18 Å². The second kappa shape index (κ2) is 6.56. The molecule has 0 aliphatic rings. The van der Waals surface area contributed by atoms with Gasteiger partial charge in [0.05, 0.1) is 0 Å². The van der Waals surface area contributed by atoms with E-state index in [0.29, 0.717) is 0 Å². The number of hydrogen-bond acceptors (Lipinski definition) is 2. The molecule has 1 aromatic rings. The fourth-order valence-electron chi connectivity index (χ4n) is 1.62. The van der Waals surface area contributed by atoms with Gasteiger partial charge in [0.2, 0.25) is 5.91 Å². The lowest BCUT2D eigenvalue weighted by Gasteiger charge is -2.22. The second-order valence-corrected chi connectivity index (χ2v) is 4.38. The van der Waals surface area contributed by atoms with Gasteiger partial charge in [-0.05, 0) is 5.56 Å². The maximum absolute atomic E-state index is 12.9. The molecule has 0 aliphatic heterocycles.